The van der Waals surface area contributed by atoms with Crippen LogP contribution in [0.25, 0.3) is 0 Å². The van der Waals surface area contributed by atoms with E-state index in [0.29, 0.717) is 0 Å². The molecule has 0 atom stereocenters. The number of aryl methyl sites for hydroxylation is 1. The fourth-order valence-corrected chi connectivity index (χ4v) is 1.19. The first-order valence-corrected chi connectivity index (χ1v) is 4.22. The van der Waals surface area contributed by atoms with Gasteiger partial charge in [0.2, 0.25) is 0 Å². The van der Waals surface area contributed by atoms with E-state index in [0.717, 1.165) is 23.1 Å². The zero-order chi connectivity index (χ0) is 9.26. The van der Waals surface area contributed by atoms with Crippen LogP contribution >= 0.6 is 0 Å². The maximum Gasteiger partial charge on any atom is 0.154 e. The topological polar surface area (TPSA) is 40.5 Å². The summed E-state index contributed by atoms with van der Waals surface area (Å²) in [4.78, 5) is 11.7. The number of nitrogens with one attached hydrogen (secondary N) is 1. The van der Waals surface area contributed by atoms with Gasteiger partial charge in [-0.1, -0.05) is 0 Å². The lowest BCUT2D eigenvalue weighted by molar-refractivity contribution is 1.24. The molecule has 0 bridgehead atoms. The molecule has 0 aliphatic carbocycles. The van der Waals surface area contributed by atoms with E-state index in [1.54, 1.807) is 0 Å². The molecule has 0 unspecified atom stereocenters. The molecule has 1 aliphatic rings. The van der Waals surface area contributed by atoms with Gasteiger partial charge >= 0.3 is 0 Å². The highest BCUT2D eigenvalue weighted by Gasteiger charge is 2.00. The molecule has 1 aromatic rings. The summed E-state index contributed by atoms with van der Waals surface area (Å²) in [6.07, 6.45) is 3.86. The van der Waals surface area contributed by atoms with E-state index in [9.17, 15) is 0 Å². The SMILES string of the molecule is CC1=NC(=Nc2ccc(C)[nH]2)C=C1. The lowest BCUT2D eigenvalue weighted by Gasteiger charge is -1.88. The highest BCUT2D eigenvalue weighted by molar-refractivity contribution is 6.14. The number of hydrogen-bond donors (Lipinski definition) is 1. The van der Waals surface area contributed by atoms with Gasteiger partial charge in [-0.2, -0.15) is 0 Å². The minimum atomic E-state index is 0.763. The summed E-state index contributed by atoms with van der Waals surface area (Å²) in [6, 6.07) is 3.94. The van der Waals surface area contributed by atoms with Gasteiger partial charge < -0.3 is 4.98 Å². The molecule has 0 saturated carbocycles. The van der Waals surface area contributed by atoms with Crippen molar-refractivity contribution < 1.29 is 0 Å². The fourth-order valence-electron chi connectivity index (χ4n) is 1.19. The molecule has 1 aliphatic heterocycles. The molecule has 1 aromatic heterocycles. The maximum absolute atomic E-state index is 4.32. The van der Waals surface area contributed by atoms with Crippen LogP contribution < -0.4 is 0 Å². The Morgan fingerprint density at radius 2 is 2.08 bits per heavy atom. The number of hydrogen-bond acceptors (Lipinski definition) is 1. The van der Waals surface area contributed by atoms with Crippen molar-refractivity contribution in [2.24, 2.45) is 9.98 Å². The average molecular weight is 173 g/mol. The van der Waals surface area contributed by atoms with Crippen LogP contribution in [0.4, 0.5) is 5.82 Å². The van der Waals surface area contributed by atoms with Gasteiger partial charge in [0.1, 0.15) is 5.82 Å². The number of aromatic amines is 1. The minimum absolute atomic E-state index is 0.763. The normalized spacial score (nSPS) is 18.3. The van der Waals surface area contributed by atoms with Gasteiger partial charge in [-0.25, -0.2) is 9.98 Å². The summed E-state index contributed by atoms with van der Waals surface area (Å²) >= 11 is 0. The smallest absolute Gasteiger partial charge is 0.154 e. The Labute approximate surface area is 76.9 Å². The van der Waals surface area contributed by atoms with Gasteiger partial charge in [-0.05, 0) is 38.1 Å². The van der Waals surface area contributed by atoms with E-state index >= 15 is 0 Å². The number of aromatic nitrogens is 1. The number of aliphatic imine (C=N–C) groups is 2. The molecule has 0 aromatic carbocycles. The van der Waals surface area contributed by atoms with E-state index in [2.05, 4.69) is 15.0 Å². The molecule has 2 rings (SSSR count). The number of nitrogens with zero attached hydrogens (tertiary/aromatic N) is 2. The van der Waals surface area contributed by atoms with Crippen LogP contribution in [0.1, 0.15) is 12.6 Å². The van der Waals surface area contributed by atoms with E-state index in [-0.39, 0.29) is 0 Å². The molecule has 1 N–H and O–H groups in total. The van der Waals surface area contributed by atoms with E-state index < -0.39 is 0 Å². The van der Waals surface area contributed by atoms with Gasteiger partial charge in [-0.15, -0.1) is 0 Å². The van der Waals surface area contributed by atoms with Gasteiger partial charge in [-0.3, -0.25) is 0 Å². The van der Waals surface area contributed by atoms with Crippen molar-refractivity contribution in [2.75, 3.05) is 0 Å². The summed E-state index contributed by atoms with van der Waals surface area (Å²) < 4.78 is 0. The number of H-pyrrole nitrogens is 1. The summed E-state index contributed by atoms with van der Waals surface area (Å²) in [6.45, 7) is 3.96. The van der Waals surface area contributed by atoms with E-state index in [4.69, 9.17) is 0 Å². The van der Waals surface area contributed by atoms with Crippen LogP contribution in [0.15, 0.2) is 34.3 Å². The van der Waals surface area contributed by atoms with Crippen molar-refractivity contribution in [1.82, 2.24) is 4.98 Å². The monoisotopic (exact) mass is 173 g/mol. The van der Waals surface area contributed by atoms with Gasteiger partial charge in [0.05, 0.1) is 0 Å². The largest absolute Gasteiger partial charge is 0.344 e. The Morgan fingerprint density at radius 1 is 1.23 bits per heavy atom. The van der Waals surface area contributed by atoms with Crippen molar-refractivity contribution in [3.8, 4) is 0 Å². The molecular formula is C10H11N3. The van der Waals surface area contributed by atoms with Crippen molar-refractivity contribution in [1.29, 1.82) is 0 Å². The van der Waals surface area contributed by atoms with Crippen molar-refractivity contribution >= 4 is 17.4 Å². The second kappa shape index (κ2) is 3.01. The Bertz CT molecular complexity index is 408. The first kappa shape index (κ1) is 7.98. The maximum atomic E-state index is 4.32. The van der Waals surface area contributed by atoms with Crippen LogP contribution in [0.2, 0.25) is 0 Å². The lowest BCUT2D eigenvalue weighted by atomic mass is 10.4. The van der Waals surface area contributed by atoms with Gasteiger partial charge in [0.25, 0.3) is 0 Å². The third-order valence-electron chi connectivity index (χ3n) is 1.82. The summed E-state index contributed by atoms with van der Waals surface area (Å²) in [5, 5.41) is 0. The molecular weight excluding hydrogens is 162 g/mol. The molecule has 0 saturated heterocycles. The lowest BCUT2D eigenvalue weighted by Crippen LogP contribution is -1.83. The number of allylic oxidation sites excluding steroid dienone is 1. The van der Waals surface area contributed by atoms with Crippen LogP contribution in [-0.2, 0) is 0 Å². The van der Waals surface area contributed by atoms with Crippen molar-refractivity contribution in [2.45, 2.75) is 13.8 Å². The Hall–Kier alpha value is -1.64. The summed E-state index contributed by atoms with van der Waals surface area (Å²) in [5.41, 5.74) is 2.11. The Balaban J connectivity index is 2.27. The van der Waals surface area contributed by atoms with Crippen LogP contribution in [-0.4, -0.2) is 16.5 Å². The summed E-state index contributed by atoms with van der Waals surface area (Å²) in [5.74, 6) is 1.62. The molecule has 0 fully saturated rings. The second-order valence-electron chi connectivity index (χ2n) is 3.08. The fraction of sp³-hybridized carbons (Fsp3) is 0.200. The van der Waals surface area contributed by atoms with Crippen LogP contribution in [0.5, 0.6) is 0 Å². The quantitative estimate of drug-likeness (QED) is 0.677. The minimum Gasteiger partial charge on any atom is -0.344 e. The molecule has 0 radical (unpaired) electrons. The highest BCUT2D eigenvalue weighted by Crippen LogP contribution is 2.12. The van der Waals surface area contributed by atoms with Crippen LogP contribution in [0, 0.1) is 6.92 Å². The molecule has 0 amide bonds. The van der Waals surface area contributed by atoms with Crippen LogP contribution in [0.3, 0.4) is 0 Å². The third-order valence-corrected chi connectivity index (χ3v) is 1.82. The summed E-state index contributed by atoms with van der Waals surface area (Å²) in [7, 11) is 0. The molecule has 13 heavy (non-hydrogen) atoms. The molecule has 2 heterocycles. The first-order chi connectivity index (χ1) is 6.24. The standard InChI is InChI=1S/C10H11N3/c1-7-3-5-9(11-7)13-10-6-4-8(2)12-10/h3-6,11H,1-2H3. The van der Waals surface area contributed by atoms with Crippen molar-refractivity contribution in [3.63, 3.8) is 0 Å². The second-order valence-corrected chi connectivity index (χ2v) is 3.08. The molecule has 3 nitrogen and oxygen atoms in total. The average Bonchev–Trinajstić information content (AvgIpc) is 2.62. The predicted molar refractivity (Wildman–Crippen MR) is 54.9 cm³/mol. The van der Waals surface area contributed by atoms with E-state index in [1.807, 2.05) is 38.1 Å². The zero-order valence-corrected chi connectivity index (χ0v) is 7.70. The Kier molecular flexibility index (Phi) is 1.85. The molecule has 3 heteroatoms. The number of rotatable bonds is 1. The molecule has 0 spiro atoms. The third kappa shape index (κ3) is 1.75. The number of amidine groups is 1. The van der Waals surface area contributed by atoms with Crippen molar-refractivity contribution in [3.05, 3.63) is 30.0 Å². The Morgan fingerprint density at radius 3 is 2.62 bits per heavy atom. The zero-order valence-electron chi connectivity index (χ0n) is 7.70. The molecule has 66 valence electrons. The predicted octanol–water partition coefficient (Wildman–Crippen LogP) is 2.38. The highest BCUT2D eigenvalue weighted by atomic mass is 15.0. The van der Waals surface area contributed by atoms with Gasteiger partial charge in [0, 0.05) is 11.4 Å². The first-order valence-electron chi connectivity index (χ1n) is 4.22. The van der Waals surface area contributed by atoms with Gasteiger partial charge in [0.15, 0.2) is 5.84 Å². The van der Waals surface area contributed by atoms with E-state index in [1.165, 1.54) is 0 Å².